The molecule has 1 fully saturated rings. The van der Waals surface area contributed by atoms with E-state index in [0.717, 1.165) is 25.7 Å². The van der Waals surface area contributed by atoms with Crippen LogP contribution in [0.2, 0.25) is 5.28 Å². The topological polar surface area (TPSA) is 72.0 Å². The molecule has 1 aromatic rings. The molecule has 0 aromatic carbocycles. The van der Waals surface area contributed by atoms with Gasteiger partial charge in [-0.25, -0.2) is 23.1 Å². The van der Waals surface area contributed by atoms with Gasteiger partial charge in [0.2, 0.25) is 15.3 Å². The van der Waals surface area contributed by atoms with Gasteiger partial charge in [0.15, 0.2) is 0 Å². The summed E-state index contributed by atoms with van der Waals surface area (Å²) < 4.78 is 26.9. The molecule has 0 spiro atoms. The molecule has 0 atom stereocenters. The third-order valence-corrected chi connectivity index (χ3v) is 4.97. The van der Waals surface area contributed by atoms with Gasteiger partial charge in [0.05, 0.1) is 12.4 Å². The fraction of sp³-hybridized carbons (Fsp3) is 0.600. The molecule has 1 saturated carbocycles. The van der Waals surface area contributed by atoms with E-state index in [9.17, 15) is 8.42 Å². The van der Waals surface area contributed by atoms with Crippen LogP contribution < -0.4 is 4.72 Å². The van der Waals surface area contributed by atoms with E-state index in [1.165, 1.54) is 12.4 Å². The smallest absolute Gasteiger partial charge is 0.225 e. The first-order chi connectivity index (χ1) is 7.97. The maximum atomic E-state index is 12.1. The Balaban J connectivity index is 2.22. The number of sulfonamides is 1. The van der Waals surface area contributed by atoms with Crippen molar-refractivity contribution in [3.05, 3.63) is 17.7 Å². The van der Waals surface area contributed by atoms with E-state index in [1.807, 2.05) is 6.92 Å². The van der Waals surface area contributed by atoms with E-state index < -0.39 is 10.0 Å². The first-order valence-electron chi connectivity index (χ1n) is 5.49. The van der Waals surface area contributed by atoms with Crippen molar-refractivity contribution in [3.63, 3.8) is 0 Å². The Kier molecular flexibility index (Phi) is 3.38. The lowest BCUT2D eigenvalue weighted by molar-refractivity contribution is 0.214. The van der Waals surface area contributed by atoms with Crippen LogP contribution in [0.1, 0.15) is 32.6 Å². The van der Waals surface area contributed by atoms with Crippen LogP contribution in [0.5, 0.6) is 0 Å². The molecule has 94 valence electrons. The average molecular weight is 276 g/mol. The Labute approximate surface area is 106 Å². The third kappa shape index (κ3) is 2.59. The highest BCUT2D eigenvalue weighted by Crippen LogP contribution is 2.35. The van der Waals surface area contributed by atoms with Crippen molar-refractivity contribution in [2.45, 2.75) is 43.0 Å². The zero-order valence-electron chi connectivity index (χ0n) is 9.48. The van der Waals surface area contributed by atoms with E-state index in [4.69, 9.17) is 11.6 Å². The lowest BCUT2D eigenvalue weighted by Crippen LogP contribution is -2.52. The van der Waals surface area contributed by atoms with Crippen molar-refractivity contribution in [3.8, 4) is 0 Å². The summed E-state index contributed by atoms with van der Waals surface area (Å²) >= 11 is 5.52. The van der Waals surface area contributed by atoms with Crippen LogP contribution in [0.4, 0.5) is 0 Å². The Hall–Kier alpha value is -0.720. The summed E-state index contributed by atoms with van der Waals surface area (Å²) in [6.07, 6.45) is 6.07. The molecule has 1 heterocycles. The molecule has 0 unspecified atom stereocenters. The summed E-state index contributed by atoms with van der Waals surface area (Å²) in [4.78, 5) is 7.42. The first-order valence-corrected chi connectivity index (χ1v) is 7.35. The third-order valence-electron chi connectivity index (χ3n) is 3.25. The average Bonchev–Trinajstić information content (AvgIpc) is 2.24. The Bertz CT molecular complexity index is 491. The standard InChI is InChI=1S/C10H14ClN3O2S/c1-2-10(4-3-5-10)14-17(15,16)8-6-12-9(11)13-7-8/h6-7,14H,2-5H2,1H3. The van der Waals surface area contributed by atoms with E-state index in [1.54, 1.807) is 0 Å². The zero-order valence-corrected chi connectivity index (χ0v) is 11.1. The van der Waals surface area contributed by atoms with Crippen molar-refractivity contribution in [2.75, 3.05) is 0 Å². The molecule has 5 nitrogen and oxygen atoms in total. The Morgan fingerprint density at radius 1 is 1.41 bits per heavy atom. The second kappa shape index (κ2) is 4.51. The van der Waals surface area contributed by atoms with Crippen LogP contribution in [0, 0.1) is 0 Å². The van der Waals surface area contributed by atoms with Crippen molar-refractivity contribution in [1.29, 1.82) is 0 Å². The van der Waals surface area contributed by atoms with Crippen LogP contribution in [-0.2, 0) is 10.0 Å². The van der Waals surface area contributed by atoms with Crippen molar-refractivity contribution >= 4 is 21.6 Å². The number of rotatable bonds is 4. The van der Waals surface area contributed by atoms with Crippen LogP contribution in [0.25, 0.3) is 0 Å². The number of hydrogen-bond donors (Lipinski definition) is 1. The molecule has 0 radical (unpaired) electrons. The summed E-state index contributed by atoms with van der Waals surface area (Å²) in [5.41, 5.74) is -0.279. The molecule has 1 N–H and O–H groups in total. The van der Waals surface area contributed by atoms with E-state index >= 15 is 0 Å². The van der Waals surface area contributed by atoms with E-state index in [0.29, 0.717) is 0 Å². The summed E-state index contributed by atoms with van der Waals surface area (Å²) in [5.74, 6) is 0. The zero-order chi connectivity index (χ0) is 12.5. The van der Waals surface area contributed by atoms with Gasteiger partial charge in [-0.05, 0) is 37.3 Å². The van der Waals surface area contributed by atoms with Gasteiger partial charge in [0.25, 0.3) is 0 Å². The second-order valence-corrected chi connectivity index (χ2v) is 6.30. The molecule has 0 amide bonds. The van der Waals surface area contributed by atoms with Gasteiger partial charge >= 0.3 is 0 Å². The number of halogens is 1. The molecule has 1 aliphatic carbocycles. The highest BCUT2D eigenvalue weighted by atomic mass is 35.5. The molecule has 0 saturated heterocycles. The molecule has 0 aliphatic heterocycles. The lowest BCUT2D eigenvalue weighted by atomic mass is 9.76. The predicted molar refractivity (Wildman–Crippen MR) is 64.2 cm³/mol. The predicted octanol–water partition coefficient (Wildman–Crippen LogP) is 1.74. The van der Waals surface area contributed by atoms with Gasteiger partial charge in [-0.15, -0.1) is 0 Å². The fourth-order valence-corrected chi connectivity index (χ4v) is 3.43. The molecule has 2 rings (SSSR count). The lowest BCUT2D eigenvalue weighted by Gasteiger charge is -2.41. The SMILES string of the molecule is CCC1(NS(=O)(=O)c2cnc(Cl)nc2)CCC1. The minimum Gasteiger partial charge on any atom is -0.225 e. The highest BCUT2D eigenvalue weighted by molar-refractivity contribution is 7.89. The van der Waals surface area contributed by atoms with Crippen molar-refractivity contribution in [1.82, 2.24) is 14.7 Å². The van der Waals surface area contributed by atoms with Crippen LogP contribution in [0.3, 0.4) is 0 Å². The Morgan fingerprint density at radius 2 is 2.00 bits per heavy atom. The molecular formula is C10H14ClN3O2S. The fourth-order valence-electron chi connectivity index (χ4n) is 1.91. The number of nitrogens with one attached hydrogen (secondary N) is 1. The monoisotopic (exact) mass is 275 g/mol. The number of hydrogen-bond acceptors (Lipinski definition) is 4. The van der Waals surface area contributed by atoms with Gasteiger partial charge in [-0.1, -0.05) is 6.92 Å². The second-order valence-electron chi connectivity index (χ2n) is 4.28. The van der Waals surface area contributed by atoms with Gasteiger partial charge in [-0.2, -0.15) is 0 Å². The maximum Gasteiger partial charge on any atom is 0.244 e. The normalized spacial score (nSPS) is 18.7. The molecular weight excluding hydrogens is 262 g/mol. The largest absolute Gasteiger partial charge is 0.244 e. The number of nitrogens with zero attached hydrogens (tertiary/aromatic N) is 2. The summed E-state index contributed by atoms with van der Waals surface area (Å²) in [6, 6.07) is 0. The highest BCUT2D eigenvalue weighted by Gasteiger charge is 2.39. The minimum atomic E-state index is -3.54. The van der Waals surface area contributed by atoms with E-state index in [-0.39, 0.29) is 15.7 Å². The van der Waals surface area contributed by atoms with Crippen LogP contribution in [0.15, 0.2) is 17.3 Å². The number of aromatic nitrogens is 2. The molecule has 7 heteroatoms. The van der Waals surface area contributed by atoms with Gasteiger partial charge in [-0.3, -0.25) is 0 Å². The van der Waals surface area contributed by atoms with E-state index in [2.05, 4.69) is 14.7 Å². The Morgan fingerprint density at radius 3 is 2.41 bits per heavy atom. The molecule has 17 heavy (non-hydrogen) atoms. The maximum absolute atomic E-state index is 12.1. The molecule has 0 bridgehead atoms. The minimum absolute atomic E-state index is 0.0396. The summed E-state index contributed by atoms with van der Waals surface area (Å²) in [5, 5.41) is 0.0396. The van der Waals surface area contributed by atoms with Crippen LogP contribution in [-0.4, -0.2) is 23.9 Å². The van der Waals surface area contributed by atoms with Crippen LogP contribution >= 0.6 is 11.6 Å². The van der Waals surface area contributed by atoms with Gasteiger partial charge in [0, 0.05) is 5.54 Å². The van der Waals surface area contributed by atoms with Crippen molar-refractivity contribution in [2.24, 2.45) is 0 Å². The molecule has 1 aliphatic rings. The molecule has 1 aromatic heterocycles. The first kappa shape index (κ1) is 12.7. The summed E-state index contributed by atoms with van der Waals surface area (Å²) in [7, 11) is -3.54. The van der Waals surface area contributed by atoms with Gasteiger partial charge in [0.1, 0.15) is 4.90 Å². The summed E-state index contributed by atoms with van der Waals surface area (Å²) in [6.45, 7) is 1.99. The van der Waals surface area contributed by atoms with Crippen molar-refractivity contribution < 1.29 is 8.42 Å². The van der Waals surface area contributed by atoms with Gasteiger partial charge < -0.3 is 0 Å². The quantitative estimate of drug-likeness (QED) is 0.850.